The van der Waals surface area contributed by atoms with E-state index in [2.05, 4.69) is 36.2 Å². The molecule has 5 nitrogen and oxygen atoms in total. The topological polar surface area (TPSA) is 70.9 Å². The number of rotatable bonds is 3. The van der Waals surface area contributed by atoms with Crippen molar-refractivity contribution in [3.63, 3.8) is 0 Å². The van der Waals surface area contributed by atoms with Crippen molar-refractivity contribution in [1.29, 1.82) is 0 Å². The fraction of sp³-hybridized carbons (Fsp3) is 0.182. The van der Waals surface area contributed by atoms with Crippen LogP contribution in [0.15, 0.2) is 29.0 Å². The number of nitrogens with one attached hydrogen (secondary N) is 1. The summed E-state index contributed by atoms with van der Waals surface area (Å²) in [6.07, 6.45) is 3.49. The monoisotopic (exact) mass is 294 g/mol. The molecule has 0 spiro atoms. The molecule has 17 heavy (non-hydrogen) atoms. The maximum atomic E-state index is 9.53. The fourth-order valence-corrected chi connectivity index (χ4v) is 1.67. The van der Waals surface area contributed by atoms with E-state index in [9.17, 15) is 5.11 Å². The van der Waals surface area contributed by atoms with Gasteiger partial charge in [-0.1, -0.05) is 6.07 Å². The molecule has 0 aromatic carbocycles. The summed E-state index contributed by atoms with van der Waals surface area (Å²) in [5, 5.41) is 12.6. The van der Waals surface area contributed by atoms with Crippen molar-refractivity contribution >= 4 is 21.7 Å². The number of hydrogen-bond donors (Lipinski definition) is 2. The van der Waals surface area contributed by atoms with E-state index in [1.165, 1.54) is 0 Å². The quantitative estimate of drug-likeness (QED) is 0.909. The van der Waals surface area contributed by atoms with Crippen LogP contribution in [-0.2, 0) is 6.54 Å². The molecule has 0 unspecified atom stereocenters. The highest BCUT2D eigenvalue weighted by atomic mass is 79.9. The molecule has 2 aromatic rings. The molecule has 2 rings (SSSR count). The lowest BCUT2D eigenvalue weighted by atomic mass is 10.3. The molecule has 2 N–H and O–H groups in total. The molecule has 6 heteroatoms. The van der Waals surface area contributed by atoms with Gasteiger partial charge in [0.1, 0.15) is 16.1 Å². The summed E-state index contributed by atoms with van der Waals surface area (Å²) < 4.78 is 0.465. The summed E-state index contributed by atoms with van der Waals surface area (Å²) in [6.45, 7) is 2.31. The van der Waals surface area contributed by atoms with Gasteiger partial charge in [0.05, 0.1) is 0 Å². The second kappa shape index (κ2) is 5.09. The first-order valence-electron chi connectivity index (χ1n) is 5.02. The van der Waals surface area contributed by atoms with E-state index >= 15 is 0 Å². The number of aromatic hydroxyl groups is 1. The van der Waals surface area contributed by atoms with E-state index in [1.807, 2.05) is 12.1 Å². The zero-order chi connectivity index (χ0) is 12.3. The molecule has 0 saturated heterocycles. The van der Waals surface area contributed by atoms with E-state index in [-0.39, 0.29) is 5.88 Å². The van der Waals surface area contributed by atoms with Crippen LogP contribution in [-0.4, -0.2) is 20.1 Å². The SMILES string of the molecule is Cc1nc(O)c(Br)c(NCc2cccnc2)n1. The van der Waals surface area contributed by atoms with Crippen molar-refractivity contribution in [3.05, 3.63) is 40.4 Å². The minimum absolute atomic E-state index is 0.0637. The first kappa shape index (κ1) is 11.8. The predicted molar refractivity (Wildman–Crippen MR) is 67.7 cm³/mol. The van der Waals surface area contributed by atoms with Crippen LogP contribution < -0.4 is 5.32 Å². The molecule has 0 fully saturated rings. The zero-order valence-corrected chi connectivity index (χ0v) is 10.8. The van der Waals surface area contributed by atoms with Crippen molar-refractivity contribution in [2.45, 2.75) is 13.5 Å². The Labute approximate surface area is 107 Å². The van der Waals surface area contributed by atoms with Gasteiger partial charge in [0.15, 0.2) is 0 Å². The van der Waals surface area contributed by atoms with Crippen LogP contribution in [0.1, 0.15) is 11.4 Å². The van der Waals surface area contributed by atoms with Crippen molar-refractivity contribution in [2.24, 2.45) is 0 Å². The van der Waals surface area contributed by atoms with Crippen molar-refractivity contribution in [3.8, 4) is 5.88 Å². The van der Waals surface area contributed by atoms with Crippen LogP contribution in [0.2, 0.25) is 0 Å². The smallest absolute Gasteiger partial charge is 0.231 e. The van der Waals surface area contributed by atoms with Crippen LogP contribution in [0.5, 0.6) is 5.88 Å². The average molecular weight is 295 g/mol. The molecule has 0 aliphatic carbocycles. The number of halogens is 1. The van der Waals surface area contributed by atoms with Gasteiger partial charge in [-0.05, 0) is 34.5 Å². The summed E-state index contributed by atoms with van der Waals surface area (Å²) in [6, 6.07) is 3.83. The summed E-state index contributed by atoms with van der Waals surface area (Å²) in [4.78, 5) is 12.1. The Hall–Kier alpha value is -1.69. The van der Waals surface area contributed by atoms with Crippen LogP contribution in [0.3, 0.4) is 0 Å². The lowest BCUT2D eigenvalue weighted by Crippen LogP contribution is -2.04. The number of hydrogen-bond acceptors (Lipinski definition) is 5. The molecule has 2 heterocycles. The molecule has 0 bridgehead atoms. The Morgan fingerprint density at radius 2 is 2.24 bits per heavy atom. The Morgan fingerprint density at radius 1 is 1.41 bits per heavy atom. The Bertz CT molecular complexity index is 518. The minimum atomic E-state index is -0.0637. The number of nitrogens with zero attached hydrogens (tertiary/aromatic N) is 3. The van der Waals surface area contributed by atoms with Gasteiger partial charge in [-0.25, -0.2) is 4.98 Å². The molecule has 0 aliphatic rings. The van der Waals surface area contributed by atoms with Gasteiger partial charge in [0.2, 0.25) is 5.88 Å². The first-order valence-corrected chi connectivity index (χ1v) is 5.82. The number of anilines is 1. The number of pyridine rings is 1. The van der Waals surface area contributed by atoms with Crippen molar-refractivity contribution in [2.75, 3.05) is 5.32 Å². The average Bonchev–Trinajstić information content (AvgIpc) is 2.33. The van der Waals surface area contributed by atoms with Gasteiger partial charge in [-0.2, -0.15) is 4.98 Å². The second-order valence-corrected chi connectivity index (χ2v) is 4.26. The Morgan fingerprint density at radius 3 is 2.94 bits per heavy atom. The lowest BCUT2D eigenvalue weighted by molar-refractivity contribution is 0.447. The molecule has 2 aromatic heterocycles. The van der Waals surface area contributed by atoms with Gasteiger partial charge in [-0.15, -0.1) is 0 Å². The molecule has 0 aliphatic heterocycles. The summed E-state index contributed by atoms with van der Waals surface area (Å²) >= 11 is 3.23. The fourth-order valence-electron chi connectivity index (χ4n) is 1.35. The molecule has 88 valence electrons. The molecule has 0 saturated carbocycles. The van der Waals surface area contributed by atoms with Gasteiger partial charge < -0.3 is 10.4 Å². The van der Waals surface area contributed by atoms with Crippen molar-refractivity contribution in [1.82, 2.24) is 15.0 Å². The Balaban J connectivity index is 2.14. The highest BCUT2D eigenvalue weighted by Crippen LogP contribution is 2.28. The predicted octanol–water partition coefficient (Wildman–Crippen LogP) is 2.26. The largest absolute Gasteiger partial charge is 0.492 e. The zero-order valence-electron chi connectivity index (χ0n) is 9.18. The number of aryl methyl sites for hydroxylation is 1. The lowest BCUT2D eigenvalue weighted by Gasteiger charge is -2.08. The summed E-state index contributed by atoms with van der Waals surface area (Å²) in [5.41, 5.74) is 1.04. The van der Waals surface area contributed by atoms with E-state index in [1.54, 1.807) is 19.3 Å². The maximum Gasteiger partial charge on any atom is 0.231 e. The van der Waals surface area contributed by atoms with E-state index in [0.717, 1.165) is 5.56 Å². The van der Waals surface area contributed by atoms with Crippen LogP contribution >= 0.6 is 15.9 Å². The summed E-state index contributed by atoms with van der Waals surface area (Å²) in [5.74, 6) is 1.02. The van der Waals surface area contributed by atoms with Crippen LogP contribution in [0.25, 0.3) is 0 Å². The third kappa shape index (κ3) is 2.91. The minimum Gasteiger partial charge on any atom is -0.492 e. The van der Waals surface area contributed by atoms with Gasteiger partial charge in [0, 0.05) is 18.9 Å². The molecule has 0 amide bonds. The maximum absolute atomic E-state index is 9.53. The summed E-state index contributed by atoms with van der Waals surface area (Å²) in [7, 11) is 0. The van der Waals surface area contributed by atoms with Gasteiger partial charge in [-0.3, -0.25) is 4.98 Å². The van der Waals surface area contributed by atoms with Gasteiger partial charge >= 0.3 is 0 Å². The highest BCUT2D eigenvalue weighted by Gasteiger charge is 2.09. The van der Waals surface area contributed by atoms with Crippen LogP contribution in [0.4, 0.5) is 5.82 Å². The van der Waals surface area contributed by atoms with E-state index < -0.39 is 0 Å². The molecular formula is C11H11BrN4O. The number of aromatic nitrogens is 3. The van der Waals surface area contributed by atoms with Gasteiger partial charge in [0.25, 0.3) is 0 Å². The van der Waals surface area contributed by atoms with Crippen molar-refractivity contribution < 1.29 is 5.11 Å². The molecular weight excluding hydrogens is 284 g/mol. The third-order valence-electron chi connectivity index (χ3n) is 2.13. The normalized spacial score (nSPS) is 10.2. The standard InChI is InChI=1S/C11H11BrN4O/c1-7-15-10(9(12)11(17)16-7)14-6-8-3-2-4-13-5-8/h2-5H,6H2,1H3,(H2,14,15,16,17). The first-order chi connectivity index (χ1) is 8.16. The van der Waals surface area contributed by atoms with E-state index in [4.69, 9.17) is 0 Å². The molecule has 0 radical (unpaired) electrons. The highest BCUT2D eigenvalue weighted by molar-refractivity contribution is 9.10. The second-order valence-electron chi connectivity index (χ2n) is 3.47. The van der Waals surface area contributed by atoms with Crippen LogP contribution in [0, 0.1) is 6.92 Å². The van der Waals surface area contributed by atoms with E-state index in [0.29, 0.717) is 22.7 Å². The third-order valence-corrected chi connectivity index (χ3v) is 2.86. The molecule has 0 atom stereocenters. The Kier molecular flexibility index (Phi) is 3.53.